The molecular weight excluding hydrogens is 350 g/mol. The molecule has 0 saturated heterocycles. The summed E-state index contributed by atoms with van der Waals surface area (Å²) in [4.78, 5) is 11.7. The van der Waals surface area contributed by atoms with E-state index in [1.54, 1.807) is 6.07 Å². The Morgan fingerprint density at radius 2 is 1.38 bits per heavy atom. The van der Waals surface area contributed by atoms with Crippen molar-refractivity contribution in [3.8, 4) is 0 Å². The molecule has 26 heavy (non-hydrogen) atoms. The number of amides is 1. The lowest BCUT2D eigenvalue weighted by Gasteiger charge is -2.09. The van der Waals surface area contributed by atoms with Crippen LogP contribution in [0.1, 0.15) is 84.0 Å². The van der Waals surface area contributed by atoms with Crippen LogP contribution < -0.4 is 5.32 Å². The van der Waals surface area contributed by atoms with Crippen molar-refractivity contribution in [2.45, 2.75) is 88.9 Å². The van der Waals surface area contributed by atoms with Crippen LogP contribution in [0, 0.1) is 0 Å². The van der Waals surface area contributed by atoms with E-state index in [1.807, 2.05) is 0 Å². The van der Waals surface area contributed by atoms with Crippen LogP contribution in [-0.2, 0) is 14.9 Å². The molecule has 2 N–H and O–H groups in total. The largest absolute Gasteiger partial charge is 0.325 e. The Morgan fingerprint density at radius 3 is 1.92 bits per heavy atom. The lowest BCUT2D eigenvalue weighted by Crippen LogP contribution is -2.14. The monoisotopic (exact) mass is 383 g/mol. The lowest BCUT2D eigenvalue weighted by atomic mass is 10.1. The minimum Gasteiger partial charge on any atom is -0.325 e. The first kappa shape index (κ1) is 22.6. The summed E-state index contributed by atoms with van der Waals surface area (Å²) < 4.78 is 31.8. The number of unbranched alkanes of at least 4 members (excludes halogenated alkanes) is 10. The molecule has 148 valence electrons. The third kappa shape index (κ3) is 9.92. The van der Waals surface area contributed by atoms with Crippen molar-refractivity contribution in [2.24, 2.45) is 0 Å². The molecule has 1 aromatic rings. The average Bonchev–Trinajstić information content (AvgIpc) is 2.59. The molecule has 1 rings (SSSR count). The normalized spacial score (nSPS) is 11.5. The number of hydrogen-bond acceptors (Lipinski definition) is 3. The molecule has 0 aliphatic carbocycles. The Bertz CT molecular complexity index is 628. The van der Waals surface area contributed by atoms with E-state index in [-0.39, 0.29) is 16.5 Å². The van der Waals surface area contributed by atoms with E-state index in [0.29, 0.717) is 6.42 Å². The standard InChI is InChI=1S/C20H33NO4S/c1-2-3-4-5-6-7-8-9-10-11-12-17-20(22)21-18-15-13-14-16-19(18)26(23,24)25/h13-16H,2-12,17H2,1H3,(H,21,22)(H,23,24,25). The van der Waals surface area contributed by atoms with Crippen molar-refractivity contribution < 1.29 is 17.8 Å². The number of para-hydroxylation sites is 1. The molecule has 0 aliphatic rings. The van der Waals surface area contributed by atoms with Gasteiger partial charge in [-0.1, -0.05) is 83.3 Å². The maximum Gasteiger partial charge on any atom is 0.296 e. The zero-order chi connectivity index (χ0) is 19.3. The number of hydrogen-bond donors (Lipinski definition) is 2. The van der Waals surface area contributed by atoms with E-state index < -0.39 is 10.1 Å². The first-order chi connectivity index (χ1) is 12.4. The van der Waals surface area contributed by atoms with Gasteiger partial charge in [-0.3, -0.25) is 9.35 Å². The summed E-state index contributed by atoms with van der Waals surface area (Å²) >= 11 is 0. The Labute approximate surface area is 158 Å². The van der Waals surface area contributed by atoms with E-state index in [2.05, 4.69) is 12.2 Å². The van der Waals surface area contributed by atoms with Crippen molar-refractivity contribution in [3.05, 3.63) is 24.3 Å². The van der Waals surface area contributed by atoms with Crippen LogP contribution in [0.2, 0.25) is 0 Å². The van der Waals surface area contributed by atoms with E-state index in [9.17, 15) is 17.8 Å². The fourth-order valence-electron chi connectivity index (χ4n) is 2.96. The minimum atomic E-state index is -4.34. The predicted octanol–water partition coefficient (Wildman–Crippen LogP) is 5.57. The number of anilines is 1. The van der Waals surface area contributed by atoms with Crippen LogP contribution in [0.4, 0.5) is 5.69 Å². The van der Waals surface area contributed by atoms with Gasteiger partial charge in [0.1, 0.15) is 4.90 Å². The van der Waals surface area contributed by atoms with E-state index in [1.165, 1.54) is 69.6 Å². The molecule has 1 aromatic carbocycles. The van der Waals surface area contributed by atoms with Gasteiger partial charge in [0, 0.05) is 6.42 Å². The topological polar surface area (TPSA) is 83.5 Å². The van der Waals surface area contributed by atoms with Crippen LogP contribution >= 0.6 is 0 Å². The molecule has 0 radical (unpaired) electrons. The molecule has 0 bridgehead atoms. The second-order valence-electron chi connectivity index (χ2n) is 6.80. The molecule has 0 atom stereocenters. The molecule has 0 fully saturated rings. The summed E-state index contributed by atoms with van der Waals surface area (Å²) in [6.07, 6.45) is 13.7. The van der Waals surface area contributed by atoms with Gasteiger partial charge in [0.15, 0.2) is 0 Å². The number of benzene rings is 1. The quantitative estimate of drug-likeness (QED) is 0.325. The molecule has 5 nitrogen and oxygen atoms in total. The van der Waals surface area contributed by atoms with Crippen molar-refractivity contribution in [1.29, 1.82) is 0 Å². The first-order valence-corrected chi connectivity index (χ1v) is 11.3. The van der Waals surface area contributed by atoms with Crippen molar-refractivity contribution in [3.63, 3.8) is 0 Å². The van der Waals surface area contributed by atoms with E-state index >= 15 is 0 Å². The van der Waals surface area contributed by atoms with Gasteiger partial charge >= 0.3 is 0 Å². The predicted molar refractivity (Wildman–Crippen MR) is 106 cm³/mol. The first-order valence-electron chi connectivity index (χ1n) is 9.81. The highest BCUT2D eigenvalue weighted by Crippen LogP contribution is 2.21. The summed E-state index contributed by atoms with van der Waals surface area (Å²) in [6, 6.07) is 5.86. The fourth-order valence-corrected chi connectivity index (χ4v) is 3.60. The molecule has 0 heterocycles. The summed E-state index contributed by atoms with van der Waals surface area (Å²) in [5.74, 6) is -0.225. The van der Waals surface area contributed by atoms with Gasteiger partial charge in [-0.2, -0.15) is 8.42 Å². The molecule has 0 unspecified atom stereocenters. The van der Waals surface area contributed by atoms with Crippen molar-refractivity contribution in [2.75, 3.05) is 5.32 Å². The number of nitrogens with one attached hydrogen (secondary N) is 1. The zero-order valence-corrected chi connectivity index (χ0v) is 16.7. The molecule has 0 aliphatic heterocycles. The van der Waals surface area contributed by atoms with Gasteiger partial charge in [0.2, 0.25) is 5.91 Å². The number of carbonyl (C=O) groups excluding carboxylic acids is 1. The van der Waals surface area contributed by atoms with Gasteiger partial charge in [-0.05, 0) is 18.6 Å². The molecular formula is C20H33NO4S. The highest BCUT2D eigenvalue weighted by atomic mass is 32.2. The lowest BCUT2D eigenvalue weighted by molar-refractivity contribution is -0.116. The Kier molecular flexibility index (Phi) is 11.2. The average molecular weight is 384 g/mol. The van der Waals surface area contributed by atoms with Crippen molar-refractivity contribution in [1.82, 2.24) is 0 Å². The maximum absolute atomic E-state index is 12.0. The fraction of sp³-hybridized carbons (Fsp3) is 0.650. The molecule has 0 spiro atoms. The smallest absolute Gasteiger partial charge is 0.296 e. The van der Waals surface area contributed by atoms with E-state index in [4.69, 9.17) is 0 Å². The molecule has 1 amide bonds. The number of rotatable bonds is 14. The Morgan fingerprint density at radius 1 is 0.885 bits per heavy atom. The van der Waals surface area contributed by atoms with Crippen LogP contribution in [-0.4, -0.2) is 18.9 Å². The summed E-state index contributed by atoms with van der Waals surface area (Å²) in [6.45, 7) is 2.23. The summed E-state index contributed by atoms with van der Waals surface area (Å²) in [5.41, 5.74) is 0.128. The summed E-state index contributed by atoms with van der Waals surface area (Å²) in [5, 5.41) is 2.57. The third-order valence-electron chi connectivity index (χ3n) is 4.45. The van der Waals surface area contributed by atoms with Gasteiger partial charge < -0.3 is 5.32 Å². The third-order valence-corrected chi connectivity index (χ3v) is 5.36. The van der Waals surface area contributed by atoms with E-state index in [0.717, 1.165) is 19.3 Å². The summed E-state index contributed by atoms with van der Waals surface area (Å²) in [7, 11) is -4.34. The Hall–Kier alpha value is -1.40. The van der Waals surface area contributed by atoms with Crippen LogP contribution in [0.3, 0.4) is 0 Å². The SMILES string of the molecule is CCCCCCCCCCCCCC(=O)Nc1ccccc1S(=O)(=O)O. The van der Waals surface area contributed by atoms with Gasteiger partial charge in [-0.25, -0.2) is 0 Å². The van der Waals surface area contributed by atoms with Crippen molar-refractivity contribution >= 4 is 21.7 Å². The second-order valence-corrected chi connectivity index (χ2v) is 8.19. The maximum atomic E-state index is 12.0. The molecule has 6 heteroatoms. The molecule has 0 saturated carbocycles. The van der Waals surface area contributed by atoms with Gasteiger partial charge in [0.25, 0.3) is 10.1 Å². The highest BCUT2D eigenvalue weighted by Gasteiger charge is 2.16. The van der Waals surface area contributed by atoms with Crippen LogP contribution in [0.15, 0.2) is 29.2 Å². The van der Waals surface area contributed by atoms with Crippen LogP contribution in [0.5, 0.6) is 0 Å². The van der Waals surface area contributed by atoms with Crippen LogP contribution in [0.25, 0.3) is 0 Å². The van der Waals surface area contributed by atoms with Gasteiger partial charge in [-0.15, -0.1) is 0 Å². The Balaban J connectivity index is 2.13. The zero-order valence-electron chi connectivity index (χ0n) is 15.9. The minimum absolute atomic E-state index is 0.128. The second kappa shape index (κ2) is 12.9. The number of carbonyl (C=O) groups is 1. The van der Waals surface area contributed by atoms with Gasteiger partial charge in [0.05, 0.1) is 5.69 Å². The highest BCUT2D eigenvalue weighted by molar-refractivity contribution is 7.86. The molecule has 0 aromatic heterocycles.